The van der Waals surface area contributed by atoms with E-state index in [0.29, 0.717) is 33.7 Å². The predicted molar refractivity (Wildman–Crippen MR) is 111 cm³/mol. The van der Waals surface area contributed by atoms with Crippen molar-refractivity contribution in [2.45, 2.75) is 18.9 Å². The molecule has 154 valence electrons. The number of imidazole rings is 1. The Balaban J connectivity index is 1.76. The van der Waals surface area contributed by atoms with E-state index in [1.54, 1.807) is 22.7 Å². The molecule has 0 aliphatic heterocycles. The van der Waals surface area contributed by atoms with Gasteiger partial charge in [-0.25, -0.2) is 9.37 Å². The van der Waals surface area contributed by atoms with Crippen LogP contribution in [0.25, 0.3) is 28.0 Å². The maximum absolute atomic E-state index is 13.8. The van der Waals surface area contributed by atoms with Crippen molar-refractivity contribution in [1.29, 1.82) is 5.26 Å². The third-order valence-corrected chi connectivity index (χ3v) is 5.47. The summed E-state index contributed by atoms with van der Waals surface area (Å²) in [5.74, 6) is -0.871. The number of nitrogens with one attached hydrogen (secondary N) is 1. The van der Waals surface area contributed by atoms with Crippen LogP contribution < -0.4 is 5.32 Å². The van der Waals surface area contributed by atoms with Crippen LogP contribution in [0.5, 0.6) is 0 Å². The van der Waals surface area contributed by atoms with Crippen LogP contribution in [0.2, 0.25) is 0 Å². The molecule has 31 heavy (non-hydrogen) atoms. The lowest BCUT2D eigenvalue weighted by Crippen LogP contribution is -2.27. The number of hydrogen-bond acceptors (Lipinski definition) is 5. The largest absolute Gasteiger partial charge is 0.348 e. The third-order valence-electron chi connectivity index (χ3n) is 5.08. The molecule has 10 heteroatoms. The zero-order valence-electron chi connectivity index (χ0n) is 15.9. The maximum Gasteiger partial charge on any atom is 0.271 e. The minimum atomic E-state index is -0.449. The van der Waals surface area contributed by atoms with Crippen molar-refractivity contribution in [2.24, 2.45) is 0 Å². The van der Waals surface area contributed by atoms with Crippen LogP contribution in [0.1, 0.15) is 29.0 Å². The molecule has 0 bridgehead atoms. The average Bonchev–Trinajstić information content (AvgIpc) is 3.36. The zero-order valence-corrected chi connectivity index (χ0v) is 16.7. The van der Waals surface area contributed by atoms with Crippen LogP contribution in [0.4, 0.5) is 8.28 Å². The van der Waals surface area contributed by atoms with Gasteiger partial charge in [-0.3, -0.25) is 9.20 Å². The minimum Gasteiger partial charge on any atom is -0.348 e. The molecule has 1 saturated carbocycles. The van der Waals surface area contributed by atoms with E-state index in [9.17, 15) is 18.3 Å². The first-order valence-corrected chi connectivity index (χ1v) is 10.1. The number of benzene rings is 1. The molecule has 1 aliphatic carbocycles. The Morgan fingerprint density at radius 3 is 2.61 bits per heavy atom. The summed E-state index contributed by atoms with van der Waals surface area (Å²) in [5, 5.41) is 16.5. The molecule has 1 aromatic carbocycles. The highest BCUT2D eigenvalue weighted by Gasteiger charge is 2.31. The molecule has 1 aliphatic rings. The predicted octanol–water partition coefficient (Wildman–Crippen LogP) is 4.15. The summed E-state index contributed by atoms with van der Waals surface area (Å²) in [6.07, 6.45) is 4.85. The molecule has 5 rings (SSSR count). The Bertz CT molecular complexity index is 1350. The van der Waals surface area contributed by atoms with E-state index >= 15 is 0 Å². The summed E-state index contributed by atoms with van der Waals surface area (Å²) in [6, 6.07) is 11.1. The van der Waals surface area contributed by atoms with Crippen molar-refractivity contribution in [3.8, 4) is 28.5 Å². The van der Waals surface area contributed by atoms with Gasteiger partial charge in [0.25, 0.3) is 5.91 Å². The summed E-state index contributed by atoms with van der Waals surface area (Å²) < 4.78 is 29.8. The maximum atomic E-state index is 13.8. The normalized spacial score (nSPS) is 13.3. The number of hydrogen-bond donors (Lipinski definition) is 1. The van der Waals surface area contributed by atoms with Crippen molar-refractivity contribution < 1.29 is 13.1 Å². The Morgan fingerprint density at radius 2 is 1.94 bits per heavy atom. The topological polar surface area (TPSA) is 88.0 Å². The molecule has 7 nitrogen and oxygen atoms in total. The Hall–Kier alpha value is -3.71. The van der Waals surface area contributed by atoms with E-state index in [1.165, 1.54) is 30.5 Å². The first-order chi connectivity index (χ1) is 15.1. The second-order valence-corrected chi connectivity index (χ2v) is 7.65. The molecular formula is C21H14F2N6OS. The molecule has 3 aromatic heterocycles. The summed E-state index contributed by atoms with van der Waals surface area (Å²) >= 11 is -0.189. The van der Waals surface area contributed by atoms with Gasteiger partial charge < -0.3 is 5.32 Å². The molecule has 0 atom stereocenters. The van der Waals surface area contributed by atoms with E-state index in [2.05, 4.69) is 21.5 Å². The number of fused-ring (bicyclic) bond motifs is 1. The van der Waals surface area contributed by atoms with Gasteiger partial charge in [0, 0.05) is 28.9 Å². The highest BCUT2D eigenvalue weighted by atomic mass is 32.2. The van der Waals surface area contributed by atoms with Crippen LogP contribution >= 0.6 is 12.3 Å². The lowest BCUT2D eigenvalue weighted by atomic mass is 9.99. The van der Waals surface area contributed by atoms with E-state index in [1.807, 2.05) is 0 Å². The van der Waals surface area contributed by atoms with Gasteiger partial charge in [-0.1, -0.05) is 0 Å². The molecule has 1 N–H and O–H groups in total. The highest BCUT2D eigenvalue weighted by Crippen LogP contribution is 2.37. The summed E-state index contributed by atoms with van der Waals surface area (Å²) in [4.78, 5) is 17.2. The fourth-order valence-electron chi connectivity index (χ4n) is 3.42. The number of halogens is 2. The summed E-state index contributed by atoms with van der Waals surface area (Å²) in [6.45, 7) is 0. The standard InChI is InChI=1S/C21H14F2N6OS/c22-14-4-1-12(2-5-14)19-18(13-3-8-17-25-10-16(9-24)28(17)11-13)20(29(27-19)31-23)21(30)26-15-6-7-15/h1-5,8,10-11,15H,6-7H2,(H,26,30). The van der Waals surface area contributed by atoms with Crippen LogP contribution in [0.15, 0.2) is 48.8 Å². The number of carbonyl (C=O) groups excluding carboxylic acids is 1. The lowest BCUT2D eigenvalue weighted by molar-refractivity contribution is 0.0945. The van der Waals surface area contributed by atoms with Gasteiger partial charge in [-0.05, 0) is 49.2 Å². The molecule has 3 heterocycles. The van der Waals surface area contributed by atoms with Crippen molar-refractivity contribution in [3.05, 3.63) is 66.0 Å². The van der Waals surface area contributed by atoms with Gasteiger partial charge in [0.1, 0.15) is 34.6 Å². The van der Waals surface area contributed by atoms with Crippen molar-refractivity contribution in [2.75, 3.05) is 0 Å². The number of rotatable bonds is 5. The Kier molecular flexibility index (Phi) is 4.67. The first-order valence-electron chi connectivity index (χ1n) is 9.45. The minimum absolute atomic E-state index is 0.0386. The molecular weight excluding hydrogens is 422 g/mol. The van der Waals surface area contributed by atoms with Crippen molar-refractivity contribution in [1.82, 2.24) is 23.9 Å². The first kappa shape index (κ1) is 19.3. The van der Waals surface area contributed by atoms with Crippen LogP contribution in [0, 0.1) is 17.1 Å². The van der Waals surface area contributed by atoms with Gasteiger partial charge in [0.05, 0.1) is 6.20 Å². The Morgan fingerprint density at radius 1 is 1.19 bits per heavy atom. The van der Waals surface area contributed by atoms with Crippen molar-refractivity contribution in [3.63, 3.8) is 0 Å². The number of nitriles is 1. The number of aromatic nitrogens is 4. The van der Waals surface area contributed by atoms with Crippen LogP contribution in [-0.2, 0) is 0 Å². The molecule has 0 radical (unpaired) electrons. The smallest absolute Gasteiger partial charge is 0.271 e. The number of nitrogens with zero attached hydrogens (tertiary/aromatic N) is 5. The number of pyridine rings is 1. The van der Waals surface area contributed by atoms with Crippen LogP contribution in [-0.4, -0.2) is 30.5 Å². The third kappa shape index (κ3) is 3.43. The van der Waals surface area contributed by atoms with Gasteiger partial charge in [0.2, 0.25) is 0 Å². The van der Waals surface area contributed by atoms with E-state index in [-0.39, 0.29) is 24.1 Å². The zero-order chi connectivity index (χ0) is 21.5. The average molecular weight is 436 g/mol. The summed E-state index contributed by atoms with van der Waals surface area (Å²) in [5.41, 5.74) is 2.69. The number of carbonyl (C=O) groups is 1. The molecule has 4 aromatic rings. The van der Waals surface area contributed by atoms with Gasteiger partial charge in [-0.15, -0.1) is 3.89 Å². The van der Waals surface area contributed by atoms with Gasteiger partial charge >= 0.3 is 0 Å². The van der Waals surface area contributed by atoms with Crippen LogP contribution in [0.3, 0.4) is 0 Å². The molecule has 1 fully saturated rings. The SMILES string of the molecule is N#Cc1cnc2ccc(-c3c(-c4ccc(F)cc4)nn(SF)c3C(=O)NC3CC3)cn12. The second-order valence-electron chi connectivity index (χ2n) is 7.17. The van der Waals surface area contributed by atoms with Crippen molar-refractivity contribution >= 4 is 23.9 Å². The monoisotopic (exact) mass is 436 g/mol. The second kappa shape index (κ2) is 7.52. The van der Waals surface area contributed by atoms with E-state index < -0.39 is 11.7 Å². The number of amides is 1. The quantitative estimate of drug-likeness (QED) is 0.508. The lowest BCUT2D eigenvalue weighted by Gasteiger charge is -2.09. The fraction of sp³-hybridized carbons (Fsp3) is 0.143. The molecule has 0 saturated heterocycles. The van der Waals surface area contributed by atoms with E-state index in [4.69, 9.17) is 0 Å². The summed E-state index contributed by atoms with van der Waals surface area (Å²) in [7, 11) is 0. The van der Waals surface area contributed by atoms with E-state index in [0.717, 1.165) is 16.9 Å². The molecule has 1 amide bonds. The van der Waals surface area contributed by atoms with Gasteiger partial charge in [0.15, 0.2) is 12.3 Å². The highest BCUT2D eigenvalue weighted by molar-refractivity contribution is 7.92. The fourth-order valence-corrected chi connectivity index (χ4v) is 3.78. The Labute approximate surface area is 179 Å². The van der Waals surface area contributed by atoms with Gasteiger partial charge in [-0.2, -0.15) is 14.4 Å². The molecule has 0 spiro atoms. The molecule has 0 unspecified atom stereocenters.